The lowest BCUT2D eigenvalue weighted by molar-refractivity contribution is 0.991. The fourth-order valence-electron chi connectivity index (χ4n) is 0.772. The van der Waals surface area contributed by atoms with E-state index in [-0.39, 0.29) is 0 Å². The Hall–Kier alpha value is -1.81. The minimum atomic E-state index is 0.529. The molecule has 0 bridgehead atoms. The Bertz CT molecular complexity index is 296. The van der Waals surface area contributed by atoms with Crippen molar-refractivity contribution in [3.8, 4) is 0 Å². The van der Waals surface area contributed by atoms with E-state index in [4.69, 9.17) is 5.73 Å². The molecule has 14 heavy (non-hydrogen) atoms. The molecule has 0 fully saturated rings. The maximum absolute atomic E-state index is 5.29. The highest BCUT2D eigenvalue weighted by atomic mass is 14.8. The average Bonchev–Trinajstić information content (AvgIpc) is 2.33. The van der Waals surface area contributed by atoms with Gasteiger partial charge in [-0.1, -0.05) is 6.07 Å². The summed E-state index contributed by atoms with van der Waals surface area (Å²) in [5, 5.41) is 0. The van der Waals surface area contributed by atoms with Gasteiger partial charge in [0.15, 0.2) is 0 Å². The summed E-state index contributed by atoms with van der Waals surface area (Å²) < 4.78 is 0. The first-order chi connectivity index (χ1) is 6.93. The van der Waals surface area contributed by atoms with Crippen LogP contribution in [0.1, 0.15) is 5.69 Å². The zero-order valence-corrected chi connectivity index (χ0v) is 7.74. The molecule has 72 valence electrons. The standard InChI is InChI=1S/C6H8N2.C4H4N2/c7-5-6-3-1-2-4-8-6;1-2-5-4-6-3-1/h1-4H,5,7H2;1-4H. The molecule has 0 unspecified atom stereocenters. The maximum Gasteiger partial charge on any atom is 0.115 e. The lowest BCUT2D eigenvalue weighted by atomic mass is 10.4. The van der Waals surface area contributed by atoms with Gasteiger partial charge in [-0.2, -0.15) is 0 Å². The lowest BCUT2D eigenvalue weighted by Gasteiger charge is -1.89. The van der Waals surface area contributed by atoms with E-state index in [1.54, 1.807) is 24.7 Å². The smallest absolute Gasteiger partial charge is 0.115 e. The molecule has 2 rings (SSSR count). The monoisotopic (exact) mass is 188 g/mol. The number of nitrogens with two attached hydrogens (primary N) is 1. The summed E-state index contributed by atoms with van der Waals surface area (Å²) in [4.78, 5) is 11.3. The number of pyridine rings is 1. The first-order valence-corrected chi connectivity index (χ1v) is 4.23. The third-order valence-corrected chi connectivity index (χ3v) is 1.41. The van der Waals surface area contributed by atoms with Crippen molar-refractivity contribution < 1.29 is 0 Å². The summed E-state index contributed by atoms with van der Waals surface area (Å²) in [7, 11) is 0. The molecule has 0 saturated heterocycles. The van der Waals surface area contributed by atoms with E-state index in [9.17, 15) is 0 Å². The van der Waals surface area contributed by atoms with Crippen LogP contribution in [0.5, 0.6) is 0 Å². The molecule has 2 N–H and O–H groups in total. The van der Waals surface area contributed by atoms with Crippen molar-refractivity contribution in [1.82, 2.24) is 15.0 Å². The van der Waals surface area contributed by atoms with E-state index in [1.807, 2.05) is 18.2 Å². The summed E-state index contributed by atoms with van der Waals surface area (Å²) >= 11 is 0. The van der Waals surface area contributed by atoms with Crippen LogP contribution in [0.15, 0.2) is 49.2 Å². The van der Waals surface area contributed by atoms with Gasteiger partial charge in [0.25, 0.3) is 0 Å². The van der Waals surface area contributed by atoms with Gasteiger partial charge < -0.3 is 5.73 Å². The van der Waals surface area contributed by atoms with E-state index in [0.29, 0.717) is 6.54 Å². The molecule has 0 aliphatic heterocycles. The number of rotatable bonds is 1. The van der Waals surface area contributed by atoms with E-state index < -0.39 is 0 Å². The topological polar surface area (TPSA) is 64.7 Å². The summed E-state index contributed by atoms with van der Waals surface area (Å²) in [5.74, 6) is 0. The molecule has 2 aromatic rings. The number of hydrogen-bond acceptors (Lipinski definition) is 4. The van der Waals surface area contributed by atoms with Crippen LogP contribution in [-0.2, 0) is 6.54 Å². The molecular formula is C10H12N4. The zero-order valence-electron chi connectivity index (χ0n) is 7.74. The first-order valence-electron chi connectivity index (χ1n) is 4.23. The molecule has 0 atom stereocenters. The summed E-state index contributed by atoms with van der Waals surface area (Å²) in [6.45, 7) is 0.529. The normalized spacial score (nSPS) is 8.64. The molecule has 0 aliphatic carbocycles. The number of nitrogens with zero attached hydrogens (tertiary/aromatic N) is 3. The van der Waals surface area contributed by atoms with Crippen molar-refractivity contribution >= 4 is 0 Å². The Balaban J connectivity index is 0.000000146. The summed E-state index contributed by atoms with van der Waals surface area (Å²) in [5.41, 5.74) is 6.22. The van der Waals surface area contributed by atoms with Gasteiger partial charge in [0.2, 0.25) is 0 Å². The molecule has 0 aromatic carbocycles. The second kappa shape index (κ2) is 6.68. The second-order valence-corrected chi connectivity index (χ2v) is 2.43. The van der Waals surface area contributed by atoms with Crippen LogP contribution >= 0.6 is 0 Å². The fourth-order valence-corrected chi connectivity index (χ4v) is 0.772. The number of hydrogen-bond donors (Lipinski definition) is 1. The Morgan fingerprint density at radius 3 is 2.07 bits per heavy atom. The molecule has 0 spiro atoms. The summed E-state index contributed by atoms with van der Waals surface area (Å²) in [6.07, 6.45) is 6.61. The third kappa shape index (κ3) is 4.27. The van der Waals surface area contributed by atoms with Crippen LogP contribution in [0.2, 0.25) is 0 Å². The molecule has 2 heterocycles. The third-order valence-electron chi connectivity index (χ3n) is 1.41. The minimum absolute atomic E-state index is 0.529. The molecule has 4 heteroatoms. The zero-order chi connectivity index (χ0) is 10.1. The van der Waals surface area contributed by atoms with Crippen molar-refractivity contribution in [2.75, 3.05) is 0 Å². The van der Waals surface area contributed by atoms with Gasteiger partial charge in [-0.3, -0.25) is 4.98 Å². The van der Waals surface area contributed by atoms with Gasteiger partial charge in [-0.15, -0.1) is 0 Å². The van der Waals surface area contributed by atoms with Gasteiger partial charge >= 0.3 is 0 Å². The fraction of sp³-hybridized carbons (Fsp3) is 0.100. The van der Waals surface area contributed by atoms with Crippen molar-refractivity contribution in [1.29, 1.82) is 0 Å². The molecule has 0 saturated carbocycles. The maximum atomic E-state index is 5.29. The van der Waals surface area contributed by atoms with Crippen LogP contribution in [-0.4, -0.2) is 15.0 Å². The van der Waals surface area contributed by atoms with Crippen molar-refractivity contribution in [3.63, 3.8) is 0 Å². The molecule has 0 radical (unpaired) electrons. The summed E-state index contributed by atoms with van der Waals surface area (Å²) in [6, 6.07) is 7.48. The van der Waals surface area contributed by atoms with Crippen LogP contribution < -0.4 is 5.73 Å². The molecule has 0 aliphatic rings. The quantitative estimate of drug-likeness (QED) is 0.725. The number of aromatic nitrogens is 3. The molecule has 0 amide bonds. The molecule has 2 aromatic heterocycles. The lowest BCUT2D eigenvalue weighted by Crippen LogP contribution is -1.97. The Morgan fingerprint density at radius 1 is 1.00 bits per heavy atom. The van der Waals surface area contributed by atoms with E-state index >= 15 is 0 Å². The SMILES string of the molecule is NCc1ccccn1.c1cncnc1. The van der Waals surface area contributed by atoms with Crippen LogP contribution in [0.3, 0.4) is 0 Å². The van der Waals surface area contributed by atoms with Gasteiger partial charge in [0.05, 0.1) is 5.69 Å². The van der Waals surface area contributed by atoms with Gasteiger partial charge in [-0.05, 0) is 18.2 Å². The Morgan fingerprint density at radius 2 is 1.79 bits per heavy atom. The highest BCUT2D eigenvalue weighted by molar-refractivity contribution is 5.02. The second-order valence-electron chi connectivity index (χ2n) is 2.43. The Kier molecular flexibility index (Phi) is 4.90. The van der Waals surface area contributed by atoms with Crippen LogP contribution in [0.25, 0.3) is 0 Å². The van der Waals surface area contributed by atoms with Gasteiger partial charge in [0, 0.05) is 25.1 Å². The highest BCUT2D eigenvalue weighted by Crippen LogP contribution is 1.88. The van der Waals surface area contributed by atoms with Crippen LogP contribution in [0.4, 0.5) is 0 Å². The average molecular weight is 188 g/mol. The van der Waals surface area contributed by atoms with Crippen LogP contribution in [0, 0.1) is 0 Å². The minimum Gasteiger partial charge on any atom is -0.325 e. The Labute approximate surface area is 82.9 Å². The van der Waals surface area contributed by atoms with E-state index in [2.05, 4.69) is 15.0 Å². The van der Waals surface area contributed by atoms with Crippen molar-refractivity contribution in [3.05, 3.63) is 54.9 Å². The highest BCUT2D eigenvalue weighted by Gasteiger charge is 1.81. The van der Waals surface area contributed by atoms with Gasteiger partial charge in [-0.25, -0.2) is 9.97 Å². The van der Waals surface area contributed by atoms with Crippen molar-refractivity contribution in [2.24, 2.45) is 5.73 Å². The predicted octanol–water partition coefficient (Wildman–Crippen LogP) is 1.02. The molecule has 4 nitrogen and oxygen atoms in total. The van der Waals surface area contributed by atoms with Gasteiger partial charge in [0.1, 0.15) is 6.33 Å². The van der Waals surface area contributed by atoms with E-state index in [1.165, 1.54) is 6.33 Å². The largest absolute Gasteiger partial charge is 0.325 e. The van der Waals surface area contributed by atoms with E-state index in [0.717, 1.165) is 5.69 Å². The molecular weight excluding hydrogens is 176 g/mol. The predicted molar refractivity (Wildman–Crippen MR) is 54.2 cm³/mol. The first kappa shape index (κ1) is 10.3. The van der Waals surface area contributed by atoms with Crippen molar-refractivity contribution in [2.45, 2.75) is 6.54 Å².